The molecule has 1 aromatic heterocycles. The molecule has 3 heterocycles. The van der Waals surface area contributed by atoms with Gasteiger partial charge < -0.3 is 9.80 Å². The molecule has 9 heteroatoms. The average Bonchev–Trinajstić information content (AvgIpc) is 3.11. The SMILES string of the molecule is CC(C)N1c2nnc(-c3ccc(Cl)cc3)n2C2C1C(=O)NC(=O)N2C. The Morgan fingerprint density at radius 3 is 2.48 bits per heavy atom. The number of carbonyl (C=O) groups excluding carboxylic acids is 2. The topological polar surface area (TPSA) is 83.4 Å². The zero-order chi connectivity index (χ0) is 17.9. The molecule has 2 unspecified atom stereocenters. The van der Waals surface area contributed by atoms with Gasteiger partial charge in [0, 0.05) is 23.7 Å². The minimum atomic E-state index is -0.542. The Hall–Kier alpha value is -2.61. The lowest BCUT2D eigenvalue weighted by molar-refractivity contribution is -0.125. The first-order chi connectivity index (χ1) is 11.9. The summed E-state index contributed by atoms with van der Waals surface area (Å²) < 4.78 is 1.85. The fraction of sp³-hybridized carbons (Fsp3) is 0.375. The zero-order valence-electron chi connectivity index (χ0n) is 14.0. The number of halogens is 1. The molecular formula is C16H17ClN6O2. The number of nitrogens with one attached hydrogen (secondary N) is 1. The molecule has 130 valence electrons. The second kappa shape index (κ2) is 5.45. The van der Waals surface area contributed by atoms with Crippen LogP contribution in [0.4, 0.5) is 10.7 Å². The van der Waals surface area contributed by atoms with Crippen LogP contribution >= 0.6 is 11.6 Å². The van der Waals surface area contributed by atoms with E-state index >= 15 is 0 Å². The molecule has 2 atom stereocenters. The van der Waals surface area contributed by atoms with Crippen molar-refractivity contribution in [2.45, 2.75) is 32.1 Å². The Balaban J connectivity index is 1.90. The lowest BCUT2D eigenvalue weighted by Gasteiger charge is -2.38. The van der Waals surface area contributed by atoms with Crippen molar-refractivity contribution in [3.63, 3.8) is 0 Å². The number of amides is 3. The van der Waals surface area contributed by atoms with E-state index in [0.29, 0.717) is 16.8 Å². The first-order valence-electron chi connectivity index (χ1n) is 7.97. The van der Waals surface area contributed by atoms with Crippen molar-refractivity contribution < 1.29 is 9.59 Å². The number of likely N-dealkylation sites (N-methyl/N-ethyl adjacent to an activating group) is 1. The summed E-state index contributed by atoms with van der Waals surface area (Å²) in [5, 5.41) is 11.6. The number of hydrogen-bond acceptors (Lipinski definition) is 5. The Morgan fingerprint density at radius 1 is 1.16 bits per heavy atom. The van der Waals surface area contributed by atoms with Crippen LogP contribution in [0.1, 0.15) is 20.0 Å². The third kappa shape index (κ3) is 2.21. The van der Waals surface area contributed by atoms with Crippen LogP contribution in [-0.2, 0) is 4.79 Å². The normalized spacial score (nSPS) is 22.3. The van der Waals surface area contributed by atoms with Crippen LogP contribution in [0.25, 0.3) is 11.4 Å². The van der Waals surface area contributed by atoms with Crippen LogP contribution < -0.4 is 10.2 Å². The highest BCUT2D eigenvalue weighted by molar-refractivity contribution is 6.30. The quantitative estimate of drug-likeness (QED) is 0.884. The molecule has 0 bridgehead atoms. The Labute approximate surface area is 149 Å². The summed E-state index contributed by atoms with van der Waals surface area (Å²) in [6.45, 7) is 3.96. The fourth-order valence-corrected chi connectivity index (χ4v) is 3.62. The molecule has 1 saturated heterocycles. The predicted octanol–water partition coefficient (Wildman–Crippen LogP) is 1.88. The van der Waals surface area contributed by atoms with Gasteiger partial charge in [0.05, 0.1) is 0 Å². The molecule has 0 spiro atoms. The van der Waals surface area contributed by atoms with Crippen molar-refractivity contribution in [3.05, 3.63) is 29.3 Å². The smallest absolute Gasteiger partial charge is 0.322 e. The second-order valence-corrected chi connectivity index (χ2v) is 6.90. The van der Waals surface area contributed by atoms with Gasteiger partial charge in [-0.1, -0.05) is 11.6 Å². The van der Waals surface area contributed by atoms with Gasteiger partial charge in [0.2, 0.25) is 5.95 Å². The number of nitrogens with zero attached hydrogens (tertiary/aromatic N) is 5. The van der Waals surface area contributed by atoms with E-state index in [1.807, 2.05) is 35.4 Å². The van der Waals surface area contributed by atoms with Gasteiger partial charge in [-0.3, -0.25) is 14.7 Å². The summed E-state index contributed by atoms with van der Waals surface area (Å²) >= 11 is 5.97. The highest BCUT2D eigenvalue weighted by Crippen LogP contribution is 2.41. The first-order valence-corrected chi connectivity index (χ1v) is 8.34. The maximum Gasteiger partial charge on any atom is 0.325 e. The zero-order valence-corrected chi connectivity index (χ0v) is 14.7. The van der Waals surface area contributed by atoms with E-state index in [0.717, 1.165) is 5.56 Å². The number of carbonyl (C=O) groups is 2. The van der Waals surface area contributed by atoms with Gasteiger partial charge >= 0.3 is 6.03 Å². The van der Waals surface area contributed by atoms with E-state index in [2.05, 4.69) is 15.5 Å². The van der Waals surface area contributed by atoms with Crippen molar-refractivity contribution in [1.82, 2.24) is 25.0 Å². The van der Waals surface area contributed by atoms with E-state index in [-0.39, 0.29) is 11.9 Å². The Morgan fingerprint density at radius 2 is 1.84 bits per heavy atom. The highest BCUT2D eigenvalue weighted by atomic mass is 35.5. The monoisotopic (exact) mass is 360 g/mol. The number of imide groups is 1. The predicted molar refractivity (Wildman–Crippen MR) is 92.2 cm³/mol. The van der Waals surface area contributed by atoms with Crippen molar-refractivity contribution in [1.29, 1.82) is 0 Å². The maximum absolute atomic E-state index is 12.5. The molecule has 4 rings (SSSR count). The maximum atomic E-state index is 12.5. The largest absolute Gasteiger partial charge is 0.325 e. The van der Waals surface area contributed by atoms with Gasteiger partial charge in [-0.2, -0.15) is 0 Å². The molecular weight excluding hydrogens is 344 g/mol. The van der Waals surface area contributed by atoms with Crippen LogP contribution in [0, 0.1) is 0 Å². The van der Waals surface area contributed by atoms with Gasteiger partial charge in [0.1, 0.15) is 6.17 Å². The lowest BCUT2D eigenvalue weighted by Crippen LogP contribution is -2.62. The van der Waals surface area contributed by atoms with E-state index in [1.54, 1.807) is 19.2 Å². The minimum Gasteiger partial charge on any atom is -0.322 e. The number of anilines is 1. The summed E-state index contributed by atoms with van der Waals surface area (Å²) in [5.74, 6) is 0.847. The van der Waals surface area contributed by atoms with Crippen LogP contribution in [0.2, 0.25) is 5.02 Å². The molecule has 1 fully saturated rings. The fourth-order valence-electron chi connectivity index (χ4n) is 3.49. The minimum absolute atomic E-state index is 0.0170. The number of hydrogen-bond donors (Lipinski definition) is 1. The van der Waals surface area contributed by atoms with E-state index in [1.165, 1.54) is 4.90 Å². The van der Waals surface area contributed by atoms with Gasteiger partial charge in [0.25, 0.3) is 5.91 Å². The van der Waals surface area contributed by atoms with Crippen LogP contribution in [-0.4, -0.2) is 50.7 Å². The van der Waals surface area contributed by atoms with Crippen molar-refractivity contribution in [2.24, 2.45) is 0 Å². The standard InChI is InChI=1S/C16H17ClN6O2/c1-8(2)22-11-13(24)18-16(25)21(3)14(11)23-12(19-20-15(22)23)9-4-6-10(17)7-5-9/h4-8,11,14H,1-3H3,(H,18,24,25). The molecule has 8 nitrogen and oxygen atoms in total. The third-order valence-corrected chi connectivity index (χ3v) is 4.88. The highest BCUT2D eigenvalue weighted by Gasteiger charge is 2.53. The van der Waals surface area contributed by atoms with E-state index in [9.17, 15) is 9.59 Å². The van der Waals surface area contributed by atoms with Gasteiger partial charge in [0.15, 0.2) is 11.9 Å². The molecule has 0 radical (unpaired) electrons. The van der Waals surface area contributed by atoms with E-state index in [4.69, 9.17) is 11.6 Å². The summed E-state index contributed by atoms with van der Waals surface area (Å²) in [6, 6.07) is 6.27. The molecule has 1 aromatic carbocycles. The third-order valence-electron chi connectivity index (χ3n) is 4.63. The van der Waals surface area contributed by atoms with Gasteiger partial charge in [-0.15, -0.1) is 10.2 Å². The average molecular weight is 361 g/mol. The summed E-state index contributed by atoms with van der Waals surface area (Å²) in [7, 11) is 1.67. The van der Waals surface area contributed by atoms with Crippen LogP contribution in [0.15, 0.2) is 24.3 Å². The molecule has 2 aliphatic rings. The van der Waals surface area contributed by atoms with Crippen LogP contribution in [0.3, 0.4) is 0 Å². The molecule has 2 aromatic rings. The van der Waals surface area contributed by atoms with Crippen molar-refractivity contribution in [2.75, 3.05) is 11.9 Å². The number of aromatic nitrogens is 3. The molecule has 25 heavy (non-hydrogen) atoms. The molecule has 0 aliphatic carbocycles. The van der Waals surface area contributed by atoms with Gasteiger partial charge in [-0.05, 0) is 38.1 Å². The summed E-state index contributed by atoms with van der Waals surface area (Å²) in [6.07, 6.45) is -0.501. The second-order valence-electron chi connectivity index (χ2n) is 6.47. The van der Waals surface area contributed by atoms with Gasteiger partial charge in [-0.25, -0.2) is 4.79 Å². The van der Waals surface area contributed by atoms with Crippen molar-refractivity contribution >= 4 is 29.5 Å². The molecule has 1 N–H and O–H groups in total. The first kappa shape index (κ1) is 15.9. The number of urea groups is 1. The Bertz CT molecular complexity index is 862. The van der Waals surface area contributed by atoms with Crippen LogP contribution in [0.5, 0.6) is 0 Å². The number of fused-ring (bicyclic) bond motifs is 3. The summed E-state index contributed by atoms with van der Waals surface area (Å²) in [5.41, 5.74) is 0.819. The molecule has 2 aliphatic heterocycles. The summed E-state index contributed by atoms with van der Waals surface area (Å²) in [4.78, 5) is 28.1. The number of rotatable bonds is 2. The lowest BCUT2D eigenvalue weighted by atomic mass is 10.1. The number of benzene rings is 1. The molecule has 3 amide bonds. The Kier molecular flexibility index (Phi) is 3.47. The molecule has 0 saturated carbocycles. The van der Waals surface area contributed by atoms with E-state index < -0.39 is 18.2 Å². The van der Waals surface area contributed by atoms with Crippen molar-refractivity contribution in [3.8, 4) is 11.4 Å².